The molecule has 2 aromatic rings. The van der Waals surface area contributed by atoms with Crippen LogP contribution in [0.5, 0.6) is 5.75 Å². The number of anilines is 1. The van der Waals surface area contributed by atoms with Gasteiger partial charge in [-0.3, -0.25) is 9.59 Å². The predicted molar refractivity (Wildman–Crippen MR) is 105 cm³/mol. The van der Waals surface area contributed by atoms with E-state index in [0.29, 0.717) is 25.1 Å². The van der Waals surface area contributed by atoms with Gasteiger partial charge in [0.25, 0.3) is 5.91 Å². The number of carbonyl (C=O) groups excluding carboxylic acids is 2. The molecule has 3 rings (SSSR count). The number of nitrogens with one attached hydrogen (secondary N) is 1. The molecule has 0 radical (unpaired) electrons. The molecular weight excluding hydrogens is 398 g/mol. The van der Waals surface area contributed by atoms with E-state index in [1.807, 2.05) is 0 Å². The summed E-state index contributed by atoms with van der Waals surface area (Å²) >= 11 is 0. The molecule has 10 heteroatoms. The Morgan fingerprint density at radius 1 is 1.28 bits per heavy atom. The van der Waals surface area contributed by atoms with Gasteiger partial charge in [-0.1, -0.05) is 0 Å². The first-order valence-electron chi connectivity index (χ1n) is 9.01. The number of nitrogens with zero attached hydrogens (tertiary/aromatic N) is 2. The van der Waals surface area contributed by atoms with Gasteiger partial charge in [0.05, 0.1) is 24.0 Å². The third-order valence-electron chi connectivity index (χ3n) is 4.76. The highest BCUT2D eigenvalue weighted by molar-refractivity contribution is 7.89. The van der Waals surface area contributed by atoms with E-state index < -0.39 is 22.0 Å². The fraction of sp³-hybridized carbons (Fsp3) is 0.368. The number of benzene rings is 1. The van der Waals surface area contributed by atoms with Crippen molar-refractivity contribution < 1.29 is 27.2 Å². The zero-order valence-electron chi connectivity index (χ0n) is 16.4. The highest BCUT2D eigenvalue weighted by Gasteiger charge is 2.36. The SMILES string of the molecule is COc1ccc(S(=O)(=O)N(C)C)cc1NC(=O)C1CCCN1C(=O)c1ccco1. The summed E-state index contributed by atoms with van der Waals surface area (Å²) in [5.74, 6) is -0.289. The Morgan fingerprint density at radius 3 is 2.66 bits per heavy atom. The minimum Gasteiger partial charge on any atom is -0.495 e. The molecule has 1 aliphatic heterocycles. The molecule has 1 N–H and O–H groups in total. The van der Waals surface area contributed by atoms with Gasteiger partial charge in [0, 0.05) is 20.6 Å². The highest BCUT2D eigenvalue weighted by Crippen LogP contribution is 2.30. The second-order valence-electron chi connectivity index (χ2n) is 6.77. The number of ether oxygens (including phenoxy) is 1. The lowest BCUT2D eigenvalue weighted by atomic mass is 10.2. The van der Waals surface area contributed by atoms with Crippen LogP contribution in [0.25, 0.3) is 0 Å². The first-order valence-corrected chi connectivity index (χ1v) is 10.5. The number of sulfonamides is 1. The van der Waals surface area contributed by atoms with E-state index in [1.165, 1.54) is 50.6 Å². The van der Waals surface area contributed by atoms with Crippen molar-refractivity contribution >= 4 is 27.5 Å². The quantitative estimate of drug-likeness (QED) is 0.762. The number of rotatable bonds is 6. The van der Waals surface area contributed by atoms with Crippen molar-refractivity contribution in [3.8, 4) is 5.75 Å². The number of methoxy groups -OCH3 is 1. The number of hydrogen-bond donors (Lipinski definition) is 1. The number of amides is 2. The maximum absolute atomic E-state index is 12.9. The van der Waals surface area contributed by atoms with Crippen molar-refractivity contribution in [1.82, 2.24) is 9.21 Å². The standard InChI is InChI=1S/C19H23N3O6S/c1-21(2)29(25,26)13-8-9-16(27-3)14(12-13)20-18(23)15-6-4-10-22(15)19(24)17-7-5-11-28-17/h5,7-9,11-12,15H,4,6,10H2,1-3H3,(H,20,23). The Balaban J connectivity index is 1.85. The van der Waals surface area contributed by atoms with Crippen LogP contribution >= 0.6 is 0 Å². The predicted octanol–water partition coefficient (Wildman–Crippen LogP) is 1.78. The van der Waals surface area contributed by atoms with Crippen molar-refractivity contribution in [2.75, 3.05) is 33.1 Å². The molecule has 1 aliphatic rings. The maximum atomic E-state index is 12.9. The van der Waals surface area contributed by atoms with Gasteiger partial charge in [0.2, 0.25) is 15.9 Å². The lowest BCUT2D eigenvalue weighted by molar-refractivity contribution is -0.119. The van der Waals surface area contributed by atoms with E-state index >= 15 is 0 Å². The molecule has 0 saturated carbocycles. The van der Waals surface area contributed by atoms with Gasteiger partial charge >= 0.3 is 0 Å². The summed E-state index contributed by atoms with van der Waals surface area (Å²) < 4.78 is 36.3. The third-order valence-corrected chi connectivity index (χ3v) is 6.57. The number of furan rings is 1. The van der Waals surface area contributed by atoms with Crippen LogP contribution in [0.4, 0.5) is 5.69 Å². The van der Waals surface area contributed by atoms with E-state index in [0.717, 1.165) is 4.31 Å². The minimum absolute atomic E-state index is 0.0218. The summed E-state index contributed by atoms with van der Waals surface area (Å²) in [7, 11) is 0.591. The van der Waals surface area contributed by atoms with Crippen LogP contribution in [-0.4, -0.2) is 63.2 Å². The first kappa shape index (κ1) is 20.9. The highest BCUT2D eigenvalue weighted by atomic mass is 32.2. The van der Waals surface area contributed by atoms with E-state index in [9.17, 15) is 18.0 Å². The molecule has 0 aliphatic carbocycles. The van der Waals surface area contributed by atoms with Gasteiger partial charge in [-0.05, 0) is 43.2 Å². The summed E-state index contributed by atoms with van der Waals surface area (Å²) in [5.41, 5.74) is 0.220. The Hall–Kier alpha value is -2.85. The fourth-order valence-corrected chi connectivity index (χ4v) is 4.12. The maximum Gasteiger partial charge on any atom is 0.290 e. The van der Waals surface area contributed by atoms with Crippen LogP contribution < -0.4 is 10.1 Å². The lowest BCUT2D eigenvalue weighted by Crippen LogP contribution is -2.43. The van der Waals surface area contributed by atoms with E-state index in [2.05, 4.69) is 5.32 Å². The smallest absolute Gasteiger partial charge is 0.290 e. The molecule has 0 spiro atoms. The Bertz CT molecular complexity index is 1000. The minimum atomic E-state index is -3.68. The van der Waals surface area contributed by atoms with Gasteiger partial charge in [-0.15, -0.1) is 0 Å². The number of carbonyl (C=O) groups is 2. The summed E-state index contributed by atoms with van der Waals surface area (Å²) in [6.07, 6.45) is 2.58. The topological polar surface area (TPSA) is 109 Å². The van der Waals surface area contributed by atoms with Crippen LogP contribution in [0.15, 0.2) is 45.9 Å². The van der Waals surface area contributed by atoms with Crippen molar-refractivity contribution in [3.05, 3.63) is 42.4 Å². The summed E-state index contributed by atoms with van der Waals surface area (Å²) in [5, 5.41) is 2.71. The zero-order valence-corrected chi connectivity index (χ0v) is 17.2. The Labute approximate surface area is 169 Å². The summed E-state index contributed by atoms with van der Waals surface area (Å²) in [4.78, 5) is 27.0. The summed E-state index contributed by atoms with van der Waals surface area (Å²) in [6.45, 7) is 0.434. The molecule has 2 amide bonds. The Morgan fingerprint density at radius 2 is 2.03 bits per heavy atom. The molecule has 2 heterocycles. The monoisotopic (exact) mass is 421 g/mol. The van der Waals surface area contributed by atoms with Gasteiger partial charge < -0.3 is 19.4 Å². The lowest BCUT2D eigenvalue weighted by Gasteiger charge is -2.23. The molecule has 0 bridgehead atoms. The van der Waals surface area contributed by atoms with Crippen LogP contribution in [-0.2, 0) is 14.8 Å². The van der Waals surface area contributed by atoms with Gasteiger partial charge in [0.1, 0.15) is 11.8 Å². The van der Waals surface area contributed by atoms with E-state index in [-0.39, 0.29) is 22.3 Å². The van der Waals surface area contributed by atoms with Gasteiger partial charge in [-0.25, -0.2) is 12.7 Å². The largest absolute Gasteiger partial charge is 0.495 e. The average molecular weight is 421 g/mol. The first-order chi connectivity index (χ1) is 13.8. The van der Waals surface area contributed by atoms with Crippen LogP contribution in [0.1, 0.15) is 23.4 Å². The molecule has 1 saturated heterocycles. The number of likely N-dealkylation sites (tertiary alicyclic amines) is 1. The average Bonchev–Trinajstić information content (AvgIpc) is 3.39. The van der Waals surface area contributed by atoms with Crippen molar-refractivity contribution in [2.24, 2.45) is 0 Å². The molecule has 1 fully saturated rings. The molecular formula is C19H23N3O6S. The van der Waals surface area contributed by atoms with E-state index in [4.69, 9.17) is 9.15 Å². The van der Waals surface area contributed by atoms with Gasteiger partial charge in [-0.2, -0.15) is 0 Å². The summed E-state index contributed by atoms with van der Waals surface area (Å²) in [6, 6.07) is 6.71. The van der Waals surface area contributed by atoms with Crippen molar-refractivity contribution in [1.29, 1.82) is 0 Å². The second kappa shape index (κ2) is 8.26. The van der Waals surface area contributed by atoms with Gasteiger partial charge in [0.15, 0.2) is 5.76 Å². The fourth-order valence-electron chi connectivity index (χ4n) is 3.20. The number of hydrogen-bond acceptors (Lipinski definition) is 6. The van der Waals surface area contributed by atoms with Crippen molar-refractivity contribution in [2.45, 2.75) is 23.8 Å². The third kappa shape index (κ3) is 4.13. The molecule has 1 aromatic carbocycles. The molecule has 1 atom stereocenters. The molecule has 29 heavy (non-hydrogen) atoms. The van der Waals surface area contributed by atoms with Crippen molar-refractivity contribution in [3.63, 3.8) is 0 Å². The second-order valence-corrected chi connectivity index (χ2v) is 8.92. The van der Waals surface area contributed by atoms with Crippen LogP contribution in [0, 0.1) is 0 Å². The molecule has 1 unspecified atom stereocenters. The van der Waals surface area contributed by atoms with Crippen LogP contribution in [0.3, 0.4) is 0 Å². The molecule has 156 valence electrons. The van der Waals surface area contributed by atoms with Crippen LogP contribution in [0.2, 0.25) is 0 Å². The Kier molecular flexibility index (Phi) is 5.94. The molecule has 1 aromatic heterocycles. The van der Waals surface area contributed by atoms with E-state index in [1.54, 1.807) is 12.1 Å². The molecule has 9 nitrogen and oxygen atoms in total. The zero-order chi connectivity index (χ0) is 21.2. The normalized spacial score (nSPS) is 16.8.